The van der Waals surface area contributed by atoms with Crippen LogP contribution in [0.25, 0.3) is 0 Å². The van der Waals surface area contributed by atoms with Gasteiger partial charge in [0, 0.05) is 32.0 Å². The molecule has 0 saturated heterocycles. The molecule has 0 atom stereocenters. The van der Waals surface area contributed by atoms with Crippen molar-refractivity contribution in [1.29, 1.82) is 0 Å². The van der Waals surface area contributed by atoms with E-state index < -0.39 is 0 Å². The monoisotopic (exact) mass is 225 g/mol. The van der Waals surface area contributed by atoms with Crippen molar-refractivity contribution in [1.82, 2.24) is 9.97 Å². The second-order valence-corrected chi connectivity index (χ2v) is 3.50. The van der Waals surface area contributed by atoms with Gasteiger partial charge in [-0.15, -0.1) is 0 Å². The molecule has 1 heterocycles. The summed E-state index contributed by atoms with van der Waals surface area (Å²) in [6.07, 6.45) is 3.82. The third-order valence-electron chi connectivity index (χ3n) is 2.17. The Morgan fingerprint density at radius 2 is 2.25 bits per heavy atom. The van der Waals surface area contributed by atoms with Gasteiger partial charge in [-0.3, -0.25) is 5.43 Å². The predicted octanol–water partition coefficient (Wildman–Crippen LogP) is 0.909. The number of nitrogens with two attached hydrogens (primary N) is 1. The maximum atomic E-state index is 5.24. The first kappa shape index (κ1) is 12.7. The highest BCUT2D eigenvalue weighted by Crippen LogP contribution is 2.11. The van der Waals surface area contributed by atoms with Crippen LogP contribution < -0.4 is 16.6 Å². The maximum Gasteiger partial charge on any atom is 0.239 e. The molecule has 6 heteroatoms. The van der Waals surface area contributed by atoms with Gasteiger partial charge in [0.2, 0.25) is 5.95 Å². The molecule has 4 N–H and O–H groups in total. The molecule has 90 valence electrons. The lowest BCUT2D eigenvalue weighted by molar-refractivity contribution is 0.194. The molecule has 1 aromatic rings. The lowest BCUT2D eigenvalue weighted by Gasteiger charge is -2.09. The molecule has 0 amide bonds. The molecule has 6 nitrogen and oxygen atoms in total. The molecule has 0 spiro atoms. The van der Waals surface area contributed by atoms with E-state index in [4.69, 9.17) is 10.6 Å². The number of hydrogen-bond acceptors (Lipinski definition) is 6. The SMILES string of the molecule is COCCCCNc1nc(NN)ncc1C. The molecule has 0 bridgehead atoms. The van der Waals surface area contributed by atoms with Crippen LogP contribution in [-0.2, 0) is 4.74 Å². The van der Waals surface area contributed by atoms with Crippen LogP contribution in [0.3, 0.4) is 0 Å². The number of nitrogens with one attached hydrogen (secondary N) is 2. The van der Waals surface area contributed by atoms with Gasteiger partial charge in [-0.05, 0) is 19.8 Å². The first-order valence-corrected chi connectivity index (χ1v) is 5.31. The zero-order chi connectivity index (χ0) is 11.8. The van der Waals surface area contributed by atoms with E-state index in [1.54, 1.807) is 13.3 Å². The molecule has 1 rings (SSSR count). The fraction of sp³-hybridized carbons (Fsp3) is 0.600. The van der Waals surface area contributed by atoms with E-state index in [-0.39, 0.29) is 0 Å². The van der Waals surface area contributed by atoms with Gasteiger partial charge in [-0.1, -0.05) is 0 Å². The summed E-state index contributed by atoms with van der Waals surface area (Å²) in [4.78, 5) is 8.23. The Labute approximate surface area is 95.6 Å². The summed E-state index contributed by atoms with van der Waals surface area (Å²) < 4.78 is 4.97. The zero-order valence-electron chi connectivity index (χ0n) is 9.79. The number of anilines is 2. The highest BCUT2D eigenvalue weighted by molar-refractivity contribution is 5.45. The van der Waals surface area contributed by atoms with Crippen molar-refractivity contribution in [3.63, 3.8) is 0 Å². The maximum absolute atomic E-state index is 5.24. The molecular formula is C10H19N5O. The molecule has 0 aliphatic rings. The van der Waals surface area contributed by atoms with Gasteiger partial charge in [0.1, 0.15) is 5.82 Å². The minimum Gasteiger partial charge on any atom is -0.385 e. The van der Waals surface area contributed by atoms with E-state index in [1.165, 1.54) is 0 Å². The highest BCUT2D eigenvalue weighted by atomic mass is 16.5. The molecular weight excluding hydrogens is 206 g/mol. The molecule has 16 heavy (non-hydrogen) atoms. The topological polar surface area (TPSA) is 85.1 Å². The Balaban J connectivity index is 2.40. The fourth-order valence-corrected chi connectivity index (χ4v) is 1.27. The zero-order valence-corrected chi connectivity index (χ0v) is 9.79. The van der Waals surface area contributed by atoms with Gasteiger partial charge in [-0.2, -0.15) is 4.98 Å². The Kier molecular flexibility index (Phi) is 5.52. The summed E-state index contributed by atoms with van der Waals surface area (Å²) in [5, 5.41) is 3.24. The van der Waals surface area contributed by atoms with E-state index in [0.717, 1.165) is 37.4 Å². The van der Waals surface area contributed by atoms with Crippen LogP contribution in [-0.4, -0.2) is 30.2 Å². The van der Waals surface area contributed by atoms with Gasteiger partial charge >= 0.3 is 0 Å². The van der Waals surface area contributed by atoms with Crippen LogP contribution in [0.2, 0.25) is 0 Å². The van der Waals surface area contributed by atoms with E-state index in [1.807, 2.05) is 6.92 Å². The number of aromatic nitrogens is 2. The lowest BCUT2D eigenvalue weighted by atomic mass is 10.3. The van der Waals surface area contributed by atoms with Gasteiger partial charge in [-0.25, -0.2) is 10.8 Å². The number of ether oxygens (including phenoxy) is 1. The molecule has 0 aliphatic heterocycles. The minimum absolute atomic E-state index is 0.421. The largest absolute Gasteiger partial charge is 0.385 e. The van der Waals surface area contributed by atoms with Crippen LogP contribution in [0.15, 0.2) is 6.20 Å². The molecule has 0 saturated carbocycles. The van der Waals surface area contributed by atoms with Crippen molar-refractivity contribution in [2.45, 2.75) is 19.8 Å². The average molecular weight is 225 g/mol. The number of hydrazine groups is 1. The van der Waals surface area contributed by atoms with Crippen molar-refractivity contribution in [2.24, 2.45) is 5.84 Å². The minimum atomic E-state index is 0.421. The van der Waals surface area contributed by atoms with Crippen molar-refractivity contribution < 1.29 is 4.74 Å². The number of nitrogens with zero attached hydrogens (tertiary/aromatic N) is 2. The number of hydrogen-bond donors (Lipinski definition) is 3. The van der Waals surface area contributed by atoms with Gasteiger partial charge in [0.25, 0.3) is 0 Å². The van der Waals surface area contributed by atoms with Crippen LogP contribution >= 0.6 is 0 Å². The van der Waals surface area contributed by atoms with Gasteiger partial charge < -0.3 is 10.1 Å². The Hall–Kier alpha value is -1.40. The number of unbranched alkanes of at least 4 members (excludes halogenated alkanes) is 1. The molecule has 0 aromatic carbocycles. The summed E-state index contributed by atoms with van der Waals surface area (Å²) >= 11 is 0. The van der Waals surface area contributed by atoms with Crippen molar-refractivity contribution in [3.05, 3.63) is 11.8 Å². The van der Waals surface area contributed by atoms with Gasteiger partial charge in [0.05, 0.1) is 0 Å². The predicted molar refractivity (Wildman–Crippen MR) is 64.2 cm³/mol. The third-order valence-corrected chi connectivity index (χ3v) is 2.17. The summed E-state index contributed by atoms with van der Waals surface area (Å²) in [6, 6.07) is 0. The number of aryl methyl sites for hydroxylation is 1. The normalized spacial score (nSPS) is 10.2. The number of methoxy groups -OCH3 is 1. The standard InChI is InChI=1S/C10H19N5O/c1-8-7-13-10(15-11)14-9(8)12-5-3-4-6-16-2/h7H,3-6,11H2,1-2H3,(H2,12,13,14,15). The van der Waals surface area contributed by atoms with Crippen molar-refractivity contribution in [2.75, 3.05) is 31.0 Å². The number of rotatable bonds is 7. The quantitative estimate of drug-likeness (QED) is 0.363. The second-order valence-electron chi connectivity index (χ2n) is 3.50. The second kappa shape index (κ2) is 6.97. The van der Waals surface area contributed by atoms with E-state index in [9.17, 15) is 0 Å². The van der Waals surface area contributed by atoms with Gasteiger partial charge in [0.15, 0.2) is 0 Å². The number of nitrogen functional groups attached to an aromatic ring is 1. The lowest BCUT2D eigenvalue weighted by Crippen LogP contribution is -2.13. The average Bonchev–Trinajstić information content (AvgIpc) is 2.31. The third kappa shape index (κ3) is 4.00. The summed E-state index contributed by atoms with van der Waals surface area (Å²) in [5.74, 6) is 6.48. The van der Waals surface area contributed by atoms with Crippen LogP contribution in [0.1, 0.15) is 18.4 Å². The summed E-state index contributed by atoms with van der Waals surface area (Å²) in [5.41, 5.74) is 3.43. The van der Waals surface area contributed by atoms with E-state index in [0.29, 0.717) is 5.95 Å². The molecule has 0 radical (unpaired) electrons. The Bertz CT molecular complexity index is 318. The Morgan fingerprint density at radius 1 is 1.44 bits per heavy atom. The summed E-state index contributed by atoms with van der Waals surface area (Å²) in [7, 11) is 1.71. The highest BCUT2D eigenvalue weighted by Gasteiger charge is 2.01. The van der Waals surface area contributed by atoms with Crippen LogP contribution in [0, 0.1) is 6.92 Å². The molecule has 1 aromatic heterocycles. The van der Waals surface area contributed by atoms with E-state index in [2.05, 4.69) is 20.7 Å². The Morgan fingerprint density at radius 3 is 2.94 bits per heavy atom. The first-order chi connectivity index (χ1) is 7.77. The molecule has 0 aliphatic carbocycles. The molecule has 0 unspecified atom stereocenters. The smallest absolute Gasteiger partial charge is 0.239 e. The molecule has 0 fully saturated rings. The first-order valence-electron chi connectivity index (χ1n) is 5.31. The fourth-order valence-electron chi connectivity index (χ4n) is 1.27. The van der Waals surface area contributed by atoms with Crippen molar-refractivity contribution >= 4 is 11.8 Å². The van der Waals surface area contributed by atoms with Crippen LogP contribution in [0.5, 0.6) is 0 Å². The summed E-state index contributed by atoms with van der Waals surface area (Å²) in [6.45, 7) is 3.61. The van der Waals surface area contributed by atoms with E-state index >= 15 is 0 Å². The van der Waals surface area contributed by atoms with Crippen LogP contribution in [0.4, 0.5) is 11.8 Å². The van der Waals surface area contributed by atoms with Crippen molar-refractivity contribution in [3.8, 4) is 0 Å².